The van der Waals surface area contributed by atoms with Crippen LogP contribution in [-0.2, 0) is 6.54 Å². The number of aliphatic hydroxyl groups is 1. The zero-order valence-corrected chi connectivity index (χ0v) is 13.4. The van der Waals surface area contributed by atoms with Crippen LogP contribution in [0, 0.1) is 0 Å². The van der Waals surface area contributed by atoms with Gasteiger partial charge in [0.1, 0.15) is 5.82 Å². The lowest BCUT2D eigenvalue weighted by Crippen LogP contribution is -2.16. The number of halogens is 1. The summed E-state index contributed by atoms with van der Waals surface area (Å²) in [6, 6.07) is 12.4. The minimum absolute atomic E-state index is 0.0908. The molecule has 1 amide bonds. The maximum atomic E-state index is 12.3. The number of hydrogen-bond donors (Lipinski definition) is 2. The van der Waals surface area contributed by atoms with Gasteiger partial charge in [-0.05, 0) is 24.3 Å². The molecule has 2 aromatic heterocycles. The molecule has 2 heterocycles. The Morgan fingerprint density at radius 3 is 2.83 bits per heavy atom. The molecule has 0 saturated carbocycles. The number of rotatable bonds is 5. The first kappa shape index (κ1) is 16.2. The number of amides is 1. The van der Waals surface area contributed by atoms with E-state index in [-0.39, 0.29) is 19.1 Å². The van der Waals surface area contributed by atoms with Gasteiger partial charge in [-0.3, -0.25) is 9.78 Å². The van der Waals surface area contributed by atoms with Gasteiger partial charge in [-0.25, -0.2) is 4.68 Å². The van der Waals surface area contributed by atoms with Gasteiger partial charge in [0.25, 0.3) is 5.91 Å². The number of aliphatic hydroxyl groups excluding tert-OH is 1. The van der Waals surface area contributed by atoms with Gasteiger partial charge in [-0.1, -0.05) is 23.7 Å². The second-order valence-corrected chi connectivity index (χ2v) is 5.50. The number of pyridine rings is 1. The molecule has 24 heavy (non-hydrogen) atoms. The lowest BCUT2D eigenvalue weighted by molar-refractivity contribution is 0.102. The van der Waals surface area contributed by atoms with Gasteiger partial charge < -0.3 is 10.4 Å². The highest BCUT2D eigenvalue weighted by Crippen LogP contribution is 2.24. The number of hydrogen-bond acceptors (Lipinski definition) is 4. The first-order valence-corrected chi connectivity index (χ1v) is 7.71. The lowest BCUT2D eigenvalue weighted by atomic mass is 10.1. The number of carbonyl (C=O) groups excluding carboxylic acids is 1. The molecule has 0 saturated heterocycles. The Hall–Kier alpha value is -2.70. The molecule has 2 N–H and O–H groups in total. The summed E-state index contributed by atoms with van der Waals surface area (Å²) in [5.74, 6) is 0.202. The molecule has 0 fully saturated rings. The van der Waals surface area contributed by atoms with Crippen molar-refractivity contribution in [3.63, 3.8) is 0 Å². The SMILES string of the molecule is O=C(Nc1cc(-c2cccc(Cl)c2)nn1CCO)c1cccnc1. The Bertz CT molecular complexity index is 849. The predicted octanol–water partition coefficient (Wildman–Crippen LogP) is 2.84. The summed E-state index contributed by atoms with van der Waals surface area (Å²) < 4.78 is 1.55. The third-order valence-electron chi connectivity index (χ3n) is 3.38. The highest BCUT2D eigenvalue weighted by atomic mass is 35.5. The Morgan fingerprint density at radius 2 is 2.12 bits per heavy atom. The minimum atomic E-state index is -0.292. The topological polar surface area (TPSA) is 80.0 Å². The molecule has 122 valence electrons. The van der Waals surface area contributed by atoms with Gasteiger partial charge in [0.15, 0.2) is 0 Å². The third-order valence-corrected chi connectivity index (χ3v) is 3.61. The van der Waals surface area contributed by atoms with E-state index in [1.807, 2.05) is 12.1 Å². The fourth-order valence-corrected chi connectivity index (χ4v) is 2.45. The van der Waals surface area contributed by atoms with Gasteiger partial charge in [0, 0.05) is 29.0 Å². The molecular weight excluding hydrogens is 328 g/mol. The van der Waals surface area contributed by atoms with E-state index in [9.17, 15) is 9.90 Å². The molecule has 6 nitrogen and oxygen atoms in total. The molecule has 0 aliphatic heterocycles. The van der Waals surface area contributed by atoms with E-state index >= 15 is 0 Å². The van der Waals surface area contributed by atoms with E-state index in [1.165, 1.54) is 6.20 Å². The standard InChI is InChI=1S/C17H15ClN4O2/c18-14-5-1-3-12(9-14)15-10-16(22(21-15)7-8-23)20-17(24)13-4-2-6-19-11-13/h1-6,9-11,23H,7-8H2,(H,20,24). The van der Waals surface area contributed by atoms with Gasteiger partial charge in [0.2, 0.25) is 0 Å². The highest BCUT2D eigenvalue weighted by Gasteiger charge is 2.13. The van der Waals surface area contributed by atoms with Crippen molar-refractivity contribution in [2.24, 2.45) is 0 Å². The molecular formula is C17H15ClN4O2. The number of nitrogens with zero attached hydrogens (tertiary/aromatic N) is 3. The monoisotopic (exact) mass is 342 g/mol. The first-order valence-electron chi connectivity index (χ1n) is 7.33. The van der Waals surface area contributed by atoms with Crippen LogP contribution in [0.4, 0.5) is 5.82 Å². The van der Waals surface area contributed by atoms with E-state index in [2.05, 4.69) is 15.4 Å². The van der Waals surface area contributed by atoms with Crippen molar-refractivity contribution >= 4 is 23.3 Å². The molecule has 3 rings (SSSR count). The summed E-state index contributed by atoms with van der Waals surface area (Å²) in [5.41, 5.74) is 1.93. The van der Waals surface area contributed by atoms with Crippen molar-refractivity contribution in [2.45, 2.75) is 6.54 Å². The summed E-state index contributed by atoms with van der Waals surface area (Å²) in [6.07, 6.45) is 3.09. The van der Waals surface area contributed by atoms with Crippen LogP contribution in [0.15, 0.2) is 54.9 Å². The van der Waals surface area contributed by atoms with Crippen molar-refractivity contribution in [3.05, 3.63) is 65.4 Å². The van der Waals surface area contributed by atoms with Gasteiger partial charge >= 0.3 is 0 Å². The molecule has 0 atom stereocenters. The highest BCUT2D eigenvalue weighted by molar-refractivity contribution is 6.30. The number of aromatic nitrogens is 3. The fraction of sp³-hybridized carbons (Fsp3) is 0.118. The first-order chi connectivity index (χ1) is 11.7. The van der Waals surface area contributed by atoms with Gasteiger partial charge in [0.05, 0.1) is 24.4 Å². The second kappa shape index (κ2) is 7.25. The van der Waals surface area contributed by atoms with Crippen LogP contribution in [0.2, 0.25) is 5.02 Å². The molecule has 0 aliphatic carbocycles. The van der Waals surface area contributed by atoms with Crippen molar-refractivity contribution in [1.29, 1.82) is 0 Å². The number of anilines is 1. The molecule has 0 aliphatic rings. The van der Waals surface area contributed by atoms with E-state index in [4.69, 9.17) is 11.6 Å². The number of nitrogens with one attached hydrogen (secondary N) is 1. The molecule has 0 bridgehead atoms. The zero-order chi connectivity index (χ0) is 16.9. The summed E-state index contributed by atoms with van der Waals surface area (Å²) in [6.45, 7) is 0.176. The van der Waals surface area contributed by atoms with E-state index < -0.39 is 0 Å². The molecule has 0 radical (unpaired) electrons. The van der Waals surface area contributed by atoms with E-state index in [0.717, 1.165) is 5.56 Å². The van der Waals surface area contributed by atoms with Gasteiger partial charge in [-0.2, -0.15) is 5.10 Å². The van der Waals surface area contributed by atoms with Crippen molar-refractivity contribution in [2.75, 3.05) is 11.9 Å². The molecule has 0 spiro atoms. The maximum absolute atomic E-state index is 12.3. The maximum Gasteiger partial charge on any atom is 0.258 e. The Kier molecular flexibility index (Phi) is 4.88. The average molecular weight is 343 g/mol. The lowest BCUT2D eigenvalue weighted by Gasteiger charge is -2.07. The predicted molar refractivity (Wildman–Crippen MR) is 91.9 cm³/mol. The van der Waals surface area contributed by atoms with Gasteiger partial charge in [-0.15, -0.1) is 0 Å². The Morgan fingerprint density at radius 1 is 1.25 bits per heavy atom. The molecule has 0 unspecified atom stereocenters. The summed E-state index contributed by atoms with van der Waals surface area (Å²) in [7, 11) is 0. The Labute approximate surface area is 143 Å². The van der Waals surface area contributed by atoms with E-state index in [0.29, 0.717) is 22.1 Å². The molecule has 3 aromatic rings. The largest absolute Gasteiger partial charge is 0.394 e. The van der Waals surface area contributed by atoms with Crippen LogP contribution >= 0.6 is 11.6 Å². The van der Waals surface area contributed by atoms with Crippen LogP contribution in [0.5, 0.6) is 0 Å². The Balaban J connectivity index is 1.90. The van der Waals surface area contributed by atoms with Crippen molar-refractivity contribution < 1.29 is 9.90 Å². The van der Waals surface area contributed by atoms with E-state index in [1.54, 1.807) is 41.2 Å². The fourth-order valence-electron chi connectivity index (χ4n) is 2.26. The van der Waals surface area contributed by atoms with Crippen molar-refractivity contribution in [3.8, 4) is 11.3 Å². The third kappa shape index (κ3) is 3.61. The average Bonchev–Trinajstić information content (AvgIpc) is 2.99. The summed E-state index contributed by atoms with van der Waals surface area (Å²) in [5, 5.41) is 17.0. The van der Waals surface area contributed by atoms with Crippen LogP contribution in [-0.4, -0.2) is 32.4 Å². The number of benzene rings is 1. The summed E-state index contributed by atoms with van der Waals surface area (Å²) >= 11 is 6.02. The second-order valence-electron chi connectivity index (χ2n) is 5.07. The van der Waals surface area contributed by atoms with Crippen LogP contribution in [0.1, 0.15) is 10.4 Å². The summed E-state index contributed by atoms with van der Waals surface area (Å²) in [4.78, 5) is 16.2. The van der Waals surface area contributed by atoms with Crippen LogP contribution in [0.3, 0.4) is 0 Å². The number of carbonyl (C=O) groups is 1. The van der Waals surface area contributed by atoms with Crippen LogP contribution in [0.25, 0.3) is 11.3 Å². The minimum Gasteiger partial charge on any atom is -0.394 e. The smallest absolute Gasteiger partial charge is 0.258 e. The normalized spacial score (nSPS) is 10.6. The molecule has 1 aromatic carbocycles. The quantitative estimate of drug-likeness (QED) is 0.747. The van der Waals surface area contributed by atoms with Crippen LogP contribution < -0.4 is 5.32 Å². The van der Waals surface area contributed by atoms with Crippen molar-refractivity contribution in [1.82, 2.24) is 14.8 Å². The zero-order valence-electron chi connectivity index (χ0n) is 12.7. The molecule has 7 heteroatoms.